The number of carbonyl (C=O) groups excluding carboxylic acids is 2. The lowest BCUT2D eigenvalue weighted by Gasteiger charge is -2.12. The van der Waals surface area contributed by atoms with Crippen molar-refractivity contribution in [3.05, 3.63) is 12.7 Å². The summed E-state index contributed by atoms with van der Waals surface area (Å²) in [6.45, 7) is 5.83. The maximum Gasteiger partial charge on any atom is 0.327 e. The molecule has 0 radical (unpaired) electrons. The first kappa shape index (κ1) is 34.6. The van der Waals surface area contributed by atoms with Gasteiger partial charge in [-0.25, -0.2) is 0 Å². The summed E-state index contributed by atoms with van der Waals surface area (Å²) in [6.07, 6.45) is 23.9. The lowest BCUT2D eigenvalue weighted by atomic mass is 10.0. The fourth-order valence-corrected chi connectivity index (χ4v) is 4.70. The Balaban J connectivity index is 3.60. The number of carbonyl (C=O) groups is 2. The van der Waals surface area contributed by atoms with Gasteiger partial charge in [-0.3, -0.25) is 14.1 Å². The maximum absolute atomic E-state index is 11.9. The van der Waals surface area contributed by atoms with Crippen molar-refractivity contribution in [2.24, 2.45) is 0 Å². The molecule has 0 aromatic heterocycles. The normalized spacial score (nSPS) is 12.3. The number of unbranched alkanes of at least 4 members (excludes halogenated alkanes) is 17. The quantitative estimate of drug-likeness (QED) is 0.0537. The Morgan fingerprint density at radius 2 is 1.14 bits per heavy atom. The zero-order valence-corrected chi connectivity index (χ0v) is 23.5. The van der Waals surface area contributed by atoms with E-state index in [1.54, 1.807) is 0 Å². The molecule has 0 saturated heterocycles. The fourth-order valence-electron chi connectivity index (χ4n) is 4.05. The Bertz CT molecular complexity index is 661. The summed E-state index contributed by atoms with van der Waals surface area (Å²) >= 11 is 0. The highest BCUT2D eigenvalue weighted by Crippen LogP contribution is 2.15. The minimum Gasteiger partial charge on any atom is -0.466 e. The van der Waals surface area contributed by atoms with E-state index < -0.39 is 33.7 Å². The molecule has 0 spiro atoms. The van der Waals surface area contributed by atoms with Crippen LogP contribution in [0.2, 0.25) is 0 Å². The van der Waals surface area contributed by atoms with E-state index in [9.17, 15) is 22.6 Å². The number of esters is 2. The van der Waals surface area contributed by atoms with Gasteiger partial charge in [-0.1, -0.05) is 122 Å². The highest BCUT2D eigenvalue weighted by atomic mass is 32.2. The van der Waals surface area contributed by atoms with E-state index in [1.807, 2.05) is 0 Å². The Kier molecular flexibility index (Phi) is 23.0. The molecule has 0 bridgehead atoms. The molecule has 0 rings (SSSR count). The van der Waals surface area contributed by atoms with Crippen LogP contribution in [-0.2, 0) is 29.2 Å². The van der Waals surface area contributed by atoms with Crippen LogP contribution in [0.1, 0.15) is 135 Å². The van der Waals surface area contributed by atoms with Gasteiger partial charge in [0.05, 0.1) is 19.6 Å². The van der Waals surface area contributed by atoms with Gasteiger partial charge in [0.1, 0.15) is 0 Å². The third-order valence-electron chi connectivity index (χ3n) is 6.30. The summed E-state index contributed by atoms with van der Waals surface area (Å²) in [5, 5.41) is -1.96. The molecular weight excluding hydrogens is 480 g/mol. The van der Waals surface area contributed by atoms with E-state index in [-0.39, 0.29) is 13.2 Å². The van der Waals surface area contributed by atoms with Crippen molar-refractivity contribution >= 4 is 22.1 Å². The van der Waals surface area contributed by atoms with Crippen molar-refractivity contribution in [3.63, 3.8) is 0 Å². The first-order valence-corrected chi connectivity index (χ1v) is 15.7. The summed E-state index contributed by atoms with van der Waals surface area (Å²) in [5.41, 5.74) is 0. The lowest BCUT2D eigenvalue weighted by Crippen LogP contribution is -2.34. The molecule has 8 heteroatoms. The maximum atomic E-state index is 11.9. The highest BCUT2D eigenvalue weighted by Gasteiger charge is 2.35. The van der Waals surface area contributed by atoms with Crippen molar-refractivity contribution < 1.29 is 32.0 Å². The molecule has 1 atom stereocenters. The van der Waals surface area contributed by atoms with Gasteiger partial charge in [-0.2, -0.15) is 8.42 Å². The zero-order valence-electron chi connectivity index (χ0n) is 22.7. The number of hydrogen-bond acceptors (Lipinski definition) is 6. The van der Waals surface area contributed by atoms with Gasteiger partial charge in [0.2, 0.25) is 0 Å². The van der Waals surface area contributed by atoms with Crippen molar-refractivity contribution in [1.29, 1.82) is 0 Å². The molecule has 36 heavy (non-hydrogen) atoms. The van der Waals surface area contributed by atoms with Crippen LogP contribution in [0.25, 0.3) is 0 Å². The molecule has 0 heterocycles. The van der Waals surface area contributed by atoms with E-state index in [0.717, 1.165) is 19.3 Å². The Morgan fingerprint density at radius 3 is 1.53 bits per heavy atom. The molecule has 0 aliphatic carbocycles. The van der Waals surface area contributed by atoms with Gasteiger partial charge < -0.3 is 9.47 Å². The summed E-state index contributed by atoms with van der Waals surface area (Å²) in [5.74, 6) is -2.00. The topological polar surface area (TPSA) is 107 Å². The largest absolute Gasteiger partial charge is 0.466 e. The van der Waals surface area contributed by atoms with Gasteiger partial charge in [0.15, 0.2) is 5.25 Å². The molecule has 7 nitrogen and oxygen atoms in total. The number of hydrogen-bond donors (Lipinski definition) is 1. The van der Waals surface area contributed by atoms with Crippen molar-refractivity contribution in [2.75, 3.05) is 13.2 Å². The molecule has 212 valence electrons. The molecule has 0 aromatic rings. The van der Waals surface area contributed by atoms with E-state index >= 15 is 0 Å². The Morgan fingerprint density at radius 1 is 0.722 bits per heavy atom. The van der Waals surface area contributed by atoms with E-state index in [1.165, 1.54) is 96.0 Å². The second-order valence-corrected chi connectivity index (χ2v) is 11.3. The van der Waals surface area contributed by atoms with Crippen LogP contribution < -0.4 is 0 Å². The third-order valence-corrected chi connectivity index (χ3v) is 7.38. The zero-order chi connectivity index (χ0) is 26.9. The Labute approximate surface area is 220 Å². The van der Waals surface area contributed by atoms with E-state index in [2.05, 4.69) is 13.5 Å². The number of rotatable bonds is 26. The van der Waals surface area contributed by atoms with Crippen LogP contribution in [-0.4, -0.2) is 43.4 Å². The minimum absolute atomic E-state index is 0.0668. The first-order valence-electron chi connectivity index (χ1n) is 14.2. The SMILES string of the molecule is C=CCCOC(=O)C(CC(=O)OCCCCCCCCCCCCCCCCCCCC)S(=O)(=O)O. The molecule has 1 unspecified atom stereocenters. The van der Waals surface area contributed by atoms with E-state index in [0.29, 0.717) is 12.8 Å². The first-order chi connectivity index (χ1) is 17.3. The van der Waals surface area contributed by atoms with Gasteiger partial charge in [0.25, 0.3) is 10.1 Å². The van der Waals surface area contributed by atoms with Crippen LogP contribution in [0.4, 0.5) is 0 Å². The number of ether oxygens (including phenoxy) is 2. The van der Waals surface area contributed by atoms with Crippen molar-refractivity contribution in [1.82, 2.24) is 0 Å². The average Bonchev–Trinajstić information content (AvgIpc) is 2.83. The predicted octanol–water partition coefficient (Wildman–Crippen LogP) is 7.34. The van der Waals surface area contributed by atoms with Gasteiger partial charge >= 0.3 is 11.9 Å². The molecule has 1 N–H and O–H groups in total. The molecule has 0 fully saturated rings. The van der Waals surface area contributed by atoms with Gasteiger partial charge in [-0.05, 0) is 12.8 Å². The van der Waals surface area contributed by atoms with Crippen molar-refractivity contribution in [3.8, 4) is 0 Å². The smallest absolute Gasteiger partial charge is 0.327 e. The molecule has 0 saturated carbocycles. The minimum atomic E-state index is -4.76. The van der Waals surface area contributed by atoms with Crippen LogP contribution in [0.5, 0.6) is 0 Å². The van der Waals surface area contributed by atoms with Crippen molar-refractivity contribution in [2.45, 2.75) is 141 Å². The molecule has 0 amide bonds. The molecule has 0 aromatic carbocycles. The van der Waals surface area contributed by atoms with Gasteiger partial charge in [-0.15, -0.1) is 6.58 Å². The van der Waals surface area contributed by atoms with Crippen LogP contribution >= 0.6 is 0 Å². The summed E-state index contributed by atoms with van der Waals surface area (Å²) in [6, 6.07) is 0. The van der Waals surface area contributed by atoms with Crippen LogP contribution in [0.3, 0.4) is 0 Å². The third kappa shape index (κ3) is 21.8. The monoisotopic (exact) mass is 532 g/mol. The molecular formula is C28H52O7S. The molecule has 0 aliphatic rings. The predicted molar refractivity (Wildman–Crippen MR) is 145 cm³/mol. The van der Waals surface area contributed by atoms with E-state index in [4.69, 9.17) is 9.47 Å². The fraction of sp³-hybridized carbons (Fsp3) is 0.857. The summed E-state index contributed by atoms with van der Waals surface area (Å²) in [4.78, 5) is 23.7. The second-order valence-electron chi connectivity index (χ2n) is 9.68. The van der Waals surface area contributed by atoms with Crippen LogP contribution in [0.15, 0.2) is 12.7 Å². The van der Waals surface area contributed by atoms with Gasteiger partial charge in [0, 0.05) is 0 Å². The second kappa shape index (κ2) is 24.0. The Hall–Kier alpha value is -1.41. The summed E-state index contributed by atoms with van der Waals surface area (Å²) < 4.78 is 41.9. The molecule has 0 aliphatic heterocycles. The highest BCUT2D eigenvalue weighted by molar-refractivity contribution is 7.87. The summed E-state index contributed by atoms with van der Waals surface area (Å²) in [7, 11) is -4.76. The average molecular weight is 533 g/mol. The standard InChI is InChI=1S/C28H52O7S/c1-3-5-7-8-9-10-11-12-13-14-15-16-17-18-19-20-21-22-24-34-27(29)25-26(36(31,32)33)28(30)35-23-6-4-2/h4,26H,2-3,5-25H2,1H3,(H,31,32,33). The lowest BCUT2D eigenvalue weighted by molar-refractivity contribution is -0.150. The van der Waals surface area contributed by atoms with Crippen LogP contribution in [0, 0.1) is 0 Å².